The molecule has 43 heavy (non-hydrogen) atoms. The predicted molar refractivity (Wildman–Crippen MR) is 167 cm³/mol. The summed E-state index contributed by atoms with van der Waals surface area (Å²) >= 11 is 0. The van der Waals surface area contributed by atoms with Crippen molar-refractivity contribution >= 4 is 21.8 Å². The first-order valence-electron chi connectivity index (χ1n) is 14.2. The highest BCUT2D eigenvalue weighted by Gasteiger charge is 2.31. The maximum absolute atomic E-state index is 14.0. The Morgan fingerprint density at radius 2 is 1.40 bits per heavy atom. The number of benzene rings is 4. The van der Waals surface area contributed by atoms with Crippen LogP contribution < -0.4 is 14.8 Å². The molecule has 2 amide bonds. The normalized spacial score (nSPS) is 11.9. The fourth-order valence-electron chi connectivity index (χ4n) is 4.74. The second kappa shape index (κ2) is 15.1. The van der Waals surface area contributed by atoms with E-state index in [1.54, 1.807) is 31.1 Å². The lowest BCUT2D eigenvalue weighted by atomic mass is 10.0. The van der Waals surface area contributed by atoms with Gasteiger partial charge in [-0.05, 0) is 52.9 Å². The van der Waals surface area contributed by atoms with Gasteiger partial charge in [-0.25, -0.2) is 13.1 Å². The number of aryl methyl sites for hydroxylation is 1. The Kier molecular flexibility index (Phi) is 11.1. The maximum Gasteiger partial charge on any atom is 0.247 e. The lowest BCUT2D eigenvalue weighted by Crippen LogP contribution is -2.43. The molecule has 0 aromatic heterocycles. The van der Waals surface area contributed by atoms with Gasteiger partial charge >= 0.3 is 0 Å². The van der Waals surface area contributed by atoms with E-state index >= 15 is 0 Å². The summed E-state index contributed by atoms with van der Waals surface area (Å²) in [6, 6.07) is 32.0. The fourth-order valence-corrected chi connectivity index (χ4v) is 5.79. The summed E-state index contributed by atoms with van der Waals surface area (Å²) in [5, 5.41) is 3.03. The Balaban J connectivity index is 1.60. The molecule has 0 bridgehead atoms. The Labute approximate surface area is 253 Å². The monoisotopic (exact) mass is 599 g/mol. The number of nitrogens with one attached hydrogen (secondary N) is 2. The van der Waals surface area contributed by atoms with Crippen LogP contribution >= 0.6 is 0 Å². The molecule has 224 valence electrons. The molecule has 0 saturated carbocycles. The van der Waals surface area contributed by atoms with Crippen LogP contribution in [0.1, 0.15) is 41.6 Å². The van der Waals surface area contributed by atoms with Gasteiger partial charge in [0.05, 0.1) is 12.0 Å². The number of carbonyl (C=O) groups excluding carboxylic acids is 2. The van der Waals surface area contributed by atoms with Crippen LogP contribution in [0.2, 0.25) is 0 Å². The number of hydrogen-bond acceptors (Lipinski definition) is 5. The summed E-state index contributed by atoms with van der Waals surface area (Å²) in [6.45, 7) is 2.56. The molecule has 0 fully saturated rings. The number of rotatable bonds is 14. The van der Waals surface area contributed by atoms with Crippen molar-refractivity contribution in [2.75, 3.05) is 13.7 Å². The standard InChI is InChI=1S/C34H37N3O5S/c1-3-36-43(40,41)31-21-16-26(17-22-31)18-23-32(38)37(25-28-14-19-30(42-2)20-15-28)33(29-12-8-5-9-13-29)34(39)35-24-27-10-6-4-7-11-27/h4-17,19-22,33,36H,3,18,23-25H2,1-2H3,(H,35,39). The van der Waals surface area contributed by atoms with Gasteiger partial charge in [-0.1, -0.05) is 91.9 Å². The number of hydrogen-bond donors (Lipinski definition) is 2. The predicted octanol–water partition coefficient (Wildman–Crippen LogP) is 5.01. The summed E-state index contributed by atoms with van der Waals surface area (Å²) in [4.78, 5) is 29.6. The zero-order valence-electron chi connectivity index (χ0n) is 24.4. The maximum atomic E-state index is 14.0. The second-order valence-electron chi connectivity index (χ2n) is 10.0. The van der Waals surface area contributed by atoms with Gasteiger partial charge in [0.2, 0.25) is 21.8 Å². The summed E-state index contributed by atoms with van der Waals surface area (Å²) in [5.41, 5.74) is 3.32. The van der Waals surface area contributed by atoms with E-state index in [4.69, 9.17) is 4.74 Å². The number of amides is 2. The van der Waals surface area contributed by atoms with E-state index in [9.17, 15) is 18.0 Å². The minimum atomic E-state index is -3.57. The van der Waals surface area contributed by atoms with Gasteiger partial charge in [-0.15, -0.1) is 0 Å². The van der Waals surface area contributed by atoms with Crippen molar-refractivity contribution in [3.05, 3.63) is 131 Å². The van der Waals surface area contributed by atoms with E-state index in [1.165, 1.54) is 12.1 Å². The first kappa shape index (κ1) is 31.5. The third kappa shape index (κ3) is 8.76. The largest absolute Gasteiger partial charge is 0.497 e. The molecule has 0 spiro atoms. The van der Waals surface area contributed by atoms with E-state index in [0.717, 1.165) is 16.7 Å². The number of carbonyl (C=O) groups is 2. The Morgan fingerprint density at radius 3 is 2.00 bits per heavy atom. The molecule has 8 nitrogen and oxygen atoms in total. The molecule has 4 rings (SSSR count). The second-order valence-corrected chi connectivity index (χ2v) is 11.8. The first-order valence-corrected chi connectivity index (χ1v) is 15.7. The number of ether oxygens (including phenoxy) is 1. The lowest BCUT2D eigenvalue weighted by Gasteiger charge is -2.32. The quantitative estimate of drug-likeness (QED) is 0.212. The Bertz CT molecular complexity index is 1580. The molecule has 4 aromatic carbocycles. The molecule has 0 aliphatic carbocycles. The van der Waals surface area contributed by atoms with Gasteiger partial charge in [0, 0.05) is 26.1 Å². The molecule has 4 aromatic rings. The van der Waals surface area contributed by atoms with Crippen molar-refractivity contribution in [2.45, 2.75) is 43.8 Å². The third-order valence-corrected chi connectivity index (χ3v) is 8.57. The van der Waals surface area contributed by atoms with Crippen molar-refractivity contribution in [1.29, 1.82) is 0 Å². The van der Waals surface area contributed by atoms with Crippen molar-refractivity contribution in [3.8, 4) is 5.75 Å². The van der Waals surface area contributed by atoms with Gasteiger partial charge in [0.15, 0.2) is 0 Å². The zero-order chi connectivity index (χ0) is 30.7. The SMILES string of the molecule is CCNS(=O)(=O)c1ccc(CCC(=O)N(Cc2ccc(OC)cc2)C(C(=O)NCc2ccccc2)c2ccccc2)cc1. The molecule has 1 atom stereocenters. The van der Waals surface area contributed by atoms with E-state index in [2.05, 4.69) is 10.0 Å². The third-order valence-electron chi connectivity index (χ3n) is 7.01. The summed E-state index contributed by atoms with van der Waals surface area (Å²) in [5.74, 6) is 0.209. The molecule has 2 N–H and O–H groups in total. The molecular weight excluding hydrogens is 562 g/mol. The van der Waals surface area contributed by atoms with Crippen LogP contribution in [-0.4, -0.2) is 38.8 Å². The first-order chi connectivity index (χ1) is 20.8. The van der Waals surface area contributed by atoms with Crippen LogP contribution in [0.25, 0.3) is 0 Å². The van der Waals surface area contributed by atoms with Crippen LogP contribution in [0, 0.1) is 0 Å². The minimum Gasteiger partial charge on any atom is -0.497 e. The Hall–Kier alpha value is -4.47. The van der Waals surface area contributed by atoms with Crippen molar-refractivity contribution in [2.24, 2.45) is 0 Å². The Morgan fingerprint density at radius 1 is 0.791 bits per heavy atom. The summed E-state index contributed by atoms with van der Waals surface area (Å²) < 4.78 is 32.4. The number of methoxy groups -OCH3 is 1. The van der Waals surface area contributed by atoms with Gasteiger partial charge in [-0.2, -0.15) is 0 Å². The van der Waals surface area contributed by atoms with Crippen LogP contribution in [-0.2, 0) is 39.1 Å². The minimum absolute atomic E-state index is 0.130. The number of sulfonamides is 1. The molecule has 0 aliphatic heterocycles. The number of nitrogens with zero attached hydrogens (tertiary/aromatic N) is 1. The molecule has 0 radical (unpaired) electrons. The van der Waals surface area contributed by atoms with Gasteiger partial charge in [-0.3, -0.25) is 9.59 Å². The highest BCUT2D eigenvalue weighted by molar-refractivity contribution is 7.89. The van der Waals surface area contributed by atoms with E-state index in [1.807, 2.05) is 84.9 Å². The van der Waals surface area contributed by atoms with E-state index < -0.39 is 16.1 Å². The molecular formula is C34H37N3O5S. The molecule has 0 heterocycles. The van der Waals surface area contributed by atoms with Crippen LogP contribution in [0.4, 0.5) is 0 Å². The average Bonchev–Trinajstić information content (AvgIpc) is 3.04. The zero-order valence-corrected chi connectivity index (χ0v) is 25.2. The van der Waals surface area contributed by atoms with E-state index in [-0.39, 0.29) is 29.7 Å². The fraction of sp³-hybridized carbons (Fsp3) is 0.235. The summed E-state index contributed by atoms with van der Waals surface area (Å²) in [7, 11) is -1.97. The van der Waals surface area contributed by atoms with Crippen LogP contribution in [0.3, 0.4) is 0 Å². The van der Waals surface area contributed by atoms with Crippen molar-refractivity contribution in [1.82, 2.24) is 14.9 Å². The van der Waals surface area contributed by atoms with Crippen molar-refractivity contribution in [3.63, 3.8) is 0 Å². The molecule has 9 heteroatoms. The smallest absolute Gasteiger partial charge is 0.247 e. The van der Waals surface area contributed by atoms with Crippen LogP contribution in [0.15, 0.2) is 114 Å². The van der Waals surface area contributed by atoms with Gasteiger partial charge in [0.25, 0.3) is 0 Å². The molecule has 1 unspecified atom stereocenters. The molecule has 0 saturated heterocycles. The lowest BCUT2D eigenvalue weighted by molar-refractivity contribution is -0.141. The van der Waals surface area contributed by atoms with Gasteiger partial charge in [0.1, 0.15) is 11.8 Å². The van der Waals surface area contributed by atoms with Gasteiger partial charge < -0.3 is 15.0 Å². The topological polar surface area (TPSA) is 105 Å². The van der Waals surface area contributed by atoms with Crippen LogP contribution in [0.5, 0.6) is 5.75 Å². The highest BCUT2D eigenvalue weighted by atomic mass is 32.2. The van der Waals surface area contributed by atoms with E-state index in [0.29, 0.717) is 30.8 Å². The average molecular weight is 600 g/mol. The highest BCUT2D eigenvalue weighted by Crippen LogP contribution is 2.26. The van der Waals surface area contributed by atoms with Crippen molar-refractivity contribution < 1.29 is 22.7 Å². The molecule has 0 aliphatic rings. The summed E-state index contributed by atoms with van der Waals surface area (Å²) in [6.07, 6.45) is 0.511.